The second-order valence-corrected chi connectivity index (χ2v) is 5.55. The first-order valence-electron chi connectivity index (χ1n) is 8.17. The maximum atomic E-state index is 6.13. The van der Waals surface area contributed by atoms with Crippen molar-refractivity contribution in [2.24, 2.45) is 5.73 Å². The lowest BCUT2D eigenvalue weighted by molar-refractivity contribution is 0.633. The molecule has 2 N–H and O–H groups in total. The van der Waals surface area contributed by atoms with Crippen molar-refractivity contribution in [3.05, 3.63) is 23.9 Å². The van der Waals surface area contributed by atoms with Crippen LogP contribution in [0.5, 0.6) is 0 Å². The summed E-state index contributed by atoms with van der Waals surface area (Å²) in [7, 11) is 0. The number of pyridine rings is 1. The standard InChI is InChI=1S/C17H31N3/c1-4-7-12-20(13-8-5-2)17-15(10-9-11-19-17)14-16(18)6-3/h9-11,16H,4-8,12-14,18H2,1-3H3. The molecule has 0 radical (unpaired) electrons. The highest BCUT2D eigenvalue weighted by Gasteiger charge is 2.13. The number of hydrogen-bond donors (Lipinski definition) is 1. The van der Waals surface area contributed by atoms with E-state index in [1.165, 1.54) is 31.2 Å². The van der Waals surface area contributed by atoms with Gasteiger partial charge in [-0.25, -0.2) is 4.98 Å². The van der Waals surface area contributed by atoms with Crippen molar-refractivity contribution >= 4 is 5.82 Å². The van der Waals surface area contributed by atoms with E-state index in [0.29, 0.717) is 0 Å². The van der Waals surface area contributed by atoms with Crippen LogP contribution in [0.15, 0.2) is 18.3 Å². The molecule has 1 rings (SSSR count). The van der Waals surface area contributed by atoms with Gasteiger partial charge in [0.05, 0.1) is 0 Å². The van der Waals surface area contributed by atoms with Gasteiger partial charge in [0, 0.05) is 25.3 Å². The van der Waals surface area contributed by atoms with Gasteiger partial charge in [0.1, 0.15) is 5.82 Å². The average molecular weight is 277 g/mol. The van der Waals surface area contributed by atoms with Crippen molar-refractivity contribution in [1.82, 2.24) is 4.98 Å². The van der Waals surface area contributed by atoms with Gasteiger partial charge in [0.2, 0.25) is 0 Å². The quantitative estimate of drug-likeness (QED) is 0.708. The summed E-state index contributed by atoms with van der Waals surface area (Å²) in [6, 6.07) is 4.44. The molecule has 1 aromatic rings. The smallest absolute Gasteiger partial charge is 0.131 e. The molecule has 114 valence electrons. The fourth-order valence-electron chi connectivity index (χ4n) is 2.32. The number of hydrogen-bond acceptors (Lipinski definition) is 3. The highest BCUT2D eigenvalue weighted by molar-refractivity contribution is 5.47. The van der Waals surface area contributed by atoms with Crippen LogP contribution in [-0.4, -0.2) is 24.1 Å². The van der Waals surface area contributed by atoms with Crippen LogP contribution in [0.2, 0.25) is 0 Å². The molecule has 0 amide bonds. The predicted molar refractivity (Wildman–Crippen MR) is 88.2 cm³/mol. The van der Waals surface area contributed by atoms with Gasteiger partial charge in [-0.15, -0.1) is 0 Å². The monoisotopic (exact) mass is 277 g/mol. The van der Waals surface area contributed by atoms with Crippen molar-refractivity contribution < 1.29 is 0 Å². The Morgan fingerprint density at radius 1 is 1.15 bits per heavy atom. The molecule has 0 spiro atoms. The molecule has 0 saturated heterocycles. The van der Waals surface area contributed by atoms with Gasteiger partial charge in [0.25, 0.3) is 0 Å². The summed E-state index contributed by atoms with van der Waals surface area (Å²) in [6.07, 6.45) is 8.73. The summed E-state index contributed by atoms with van der Waals surface area (Å²) in [5.41, 5.74) is 7.43. The number of aromatic nitrogens is 1. The maximum Gasteiger partial charge on any atom is 0.131 e. The van der Waals surface area contributed by atoms with Crippen molar-refractivity contribution in [1.29, 1.82) is 0 Å². The molecule has 0 aliphatic carbocycles. The molecule has 20 heavy (non-hydrogen) atoms. The largest absolute Gasteiger partial charge is 0.356 e. The van der Waals surface area contributed by atoms with Crippen molar-refractivity contribution in [2.45, 2.75) is 65.3 Å². The summed E-state index contributed by atoms with van der Waals surface area (Å²) >= 11 is 0. The first-order chi connectivity index (χ1) is 9.72. The van der Waals surface area contributed by atoms with Crippen LogP contribution < -0.4 is 10.6 Å². The van der Waals surface area contributed by atoms with Crippen LogP contribution in [-0.2, 0) is 6.42 Å². The Balaban J connectivity index is 2.86. The van der Waals surface area contributed by atoms with Gasteiger partial charge >= 0.3 is 0 Å². The molecule has 0 saturated carbocycles. The highest BCUT2D eigenvalue weighted by Crippen LogP contribution is 2.20. The molecule has 1 unspecified atom stereocenters. The average Bonchev–Trinajstić information content (AvgIpc) is 2.48. The molecule has 0 fully saturated rings. The molecule has 1 atom stereocenters. The van der Waals surface area contributed by atoms with Crippen molar-refractivity contribution in [2.75, 3.05) is 18.0 Å². The Bertz CT molecular complexity index is 357. The third-order valence-corrected chi connectivity index (χ3v) is 3.74. The first-order valence-corrected chi connectivity index (χ1v) is 8.17. The van der Waals surface area contributed by atoms with E-state index in [2.05, 4.69) is 36.7 Å². The minimum Gasteiger partial charge on any atom is -0.356 e. The second kappa shape index (κ2) is 9.76. The zero-order chi connectivity index (χ0) is 14.8. The summed E-state index contributed by atoms with van der Waals surface area (Å²) in [5.74, 6) is 1.15. The van der Waals surface area contributed by atoms with E-state index in [1.807, 2.05) is 12.3 Å². The summed E-state index contributed by atoms with van der Waals surface area (Å²) < 4.78 is 0. The summed E-state index contributed by atoms with van der Waals surface area (Å²) in [6.45, 7) is 8.82. The molecular formula is C17H31N3. The van der Waals surface area contributed by atoms with E-state index in [4.69, 9.17) is 5.73 Å². The molecule has 0 aliphatic heterocycles. The van der Waals surface area contributed by atoms with E-state index in [-0.39, 0.29) is 6.04 Å². The number of rotatable bonds is 10. The van der Waals surface area contributed by atoms with Gasteiger partial charge < -0.3 is 10.6 Å². The van der Waals surface area contributed by atoms with E-state index in [1.54, 1.807) is 0 Å². The van der Waals surface area contributed by atoms with Gasteiger partial charge in [-0.05, 0) is 37.3 Å². The third kappa shape index (κ3) is 5.49. The normalized spacial score (nSPS) is 12.4. The lowest BCUT2D eigenvalue weighted by Gasteiger charge is -2.26. The Hall–Kier alpha value is -1.09. The fraction of sp³-hybridized carbons (Fsp3) is 0.706. The summed E-state index contributed by atoms with van der Waals surface area (Å²) in [4.78, 5) is 7.09. The van der Waals surface area contributed by atoms with Crippen LogP contribution in [0.1, 0.15) is 58.4 Å². The Morgan fingerprint density at radius 3 is 2.35 bits per heavy atom. The zero-order valence-electron chi connectivity index (χ0n) is 13.4. The topological polar surface area (TPSA) is 42.2 Å². The van der Waals surface area contributed by atoms with Crippen LogP contribution in [0.25, 0.3) is 0 Å². The van der Waals surface area contributed by atoms with E-state index in [9.17, 15) is 0 Å². The maximum absolute atomic E-state index is 6.13. The number of nitrogens with zero attached hydrogens (tertiary/aromatic N) is 2. The van der Waals surface area contributed by atoms with E-state index in [0.717, 1.165) is 31.7 Å². The van der Waals surface area contributed by atoms with Crippen LogP contribution in [0.3, 0.4) is 0 Å². The predicted octanol–water partition coefficient (Wildman–Crippen LogP) is 3.77. The first kappa shape index (κ1) is 17.0. The Labute approximate surface area is 124 Å². The lowest BCUT2D eigenvalue weighted by Crippen LogP contribution is -2.29. The van der Waals surface area contributed by atoms with Crippen LogP contribution in [0.4, 0.5) is 5.82 Å². The summed E-state index contributed by atoms with van der Waals surface area (Å²) in [5, 5.41) is 0. The number of unbranched alkanes of at least 4 members (excludes halogenated alkanes) is 2. The number of anilines is 1. The SMILES string of the molecule is CCCCN(CCCC)c1ncccc1CC(N)CC. The molecule has 0 bridgehead atoms. The van der Waals surface area contributed by atoms with Crippen LogP contribution >= 0.6 is 0 Å². The van der Waals surface area contributed by atoms with Crippen molar-refractivity contribution in [3.8, 4) is 0 Å². The molecule has 1 heterocycles. The van der Waals surface area contributed by atoms with E-state index >= 15 is 0 Å². The molecule has 1 aromatic heterocycles. The Kier molecular flexibility index (Phi) is 8.28. The van der Waals surface area contributed by atoms with Gasteiger partial charge in [-0.2, -0.15) is 0 Å². The molecular weight excluding hydrogens is 246 g/mol. The van der Waals surface area contributed by atoms with Gasteiger partial charge in [-0.3, -0.25) is 0 Å². The molecule has 0 aliphatic rings. The Morgan fingerprint density at radius 2 is 1.80 bits per heavy atom. The number of nitrogens with two attached hydrogens (primary N) is 1. The minimum absolute atomic E-state index is 0.233. The third-order valence-electron chi connectivity index (χ3n) is 3.74. The van der Waals surface area contributed by atoms with Gasteiger partial charge in [0.15, 0.2) is 0 Å². The fourth-order valence-corrected chi connectivity index (χ4v) is 2.32. The highest BCUT2D eigenvalue weighted by atomic mass is 15.2. The molecule has 3 heteroatoms. The molecule has 3 nitrogen and oxygen atoms in total. The second-order valence-electron chi connectivity index (χ2n) is 5.55. The lowest BCUT2D eigenvalue weighted by atomic mass is 10.0. The van der Waals surface area contributed by atoms with Crippen molar-refractivity contribution in [3.63, 3.8) is 0 Å². The van der Waals surface area contributed by atoms with E-state index < -0.39 is 0 Å². The van der Waals surface area contributed by atoms with Gasteiger partial charge in [-0.1, -0.05) is 39.7 Å². The van der Waals surface area contributed by atoms with Crippen LogP contribution in [0, 0.1) is 0 Å². The zero-order valence-corrected chi connectivity index (χ0v) is 13.4. The minimum atomic E-state index is 0.233. The molecule has 0 aromatic carbocycles.